The maximum Gasteiger partial charge on any atom is 0.319 e. The van der Waals surface area contributed by atoms with Crippen LogP contribution in [0.1, 0.15) is 36.8 Å². The van der Waals surface area contributed by atoms with E-state index in [1.807, 2.05) is 24.8 Å². The van der Waals surface area contributed by atoms with Crippen LogP contribution in [-0.4, -0.2) is 81.6 Å². The Kier molecular flexibility index (Phi) is 8.16. The van der Waals surface area contributed by atoms with E-state index in [-0.39, 0.29) is 41.7 Å². The lowest BCUT2D eigenvalue weighted by Crippen LogP contribution is -2.59. The van der Waals surface area contributed by atoms with Gasteiger partial charge in [0.15, 0.2) is 5.82 Å². The van der Waals surface area contributed by atoms with Crippen LogP contribution in [0.4, 0.5) is 23.4 Å². The fraction of sp³-hybridized carbons (Fsp3) is 0.441. The number of aromatic nitrogens is 4. The third-order valence-corrected chi connectivity index (χ3v) is 10.4. The van der Waals surface area contributed by atoms with Gasteiger partial charge in [0.05, 0.1) is 27.8 Å². The van der Waals surface area contributed by atoms with E-state index >= 15 is 4.39 Å². The number of hydrogen-bond donors (Lipinski definition) is 2. The molecule has 3 atom stereocenters. The van der Waals surface area contributed by atoms with Gasteiger partial charge in [0.1, 0.15) is 24.1 Å². The summed E-state index contributed by atoms with van der Waals surface area (Å²) in [6.45, 7) is 9.73. The Morgan fingerprint density at radius 2 is 2.02 bits per heavy atom. The summed E-state index contributed by atoms with van der Waals surface area (Å²) in [6.07, 6.45) is 3.62. The number of rotatable bonds is 8. The SMILES string of the molecule is C=CC[C@]1(C=C(F)F)CN(c2nc(OCC34CCCN3C[C@H](F)C4)nc3c(F)c(-c4c(C)c(C)cc5[nH]ncc45)c(Cl)cc23)CCN1. The molecule has 0 spiro atoms. The zero-order chi connectivity index (χ0) is 33.1. The van der Waals surface area contributed by atoms with Crippen LogP contribution >= 0.6 is 11.6 Å². The minimum absolute atomic E-state index is 0.0161. The van der Waals surface area contributed by atoms with Crippen LogP contribution < -0.4 is 15.0 Å². The second kappa shape index (κ2) is 12.1. The second-order valence-corrected chi connectivity index (χ2v) is 13.5. The van der Waals surface area contributed by atoms with E-state index in [0.29, 0.717) is 48.2 Å². The molecule has 2 aromatic carbocycles. The number of aryl methyl sites for hydroxylation is 1. The molecule has 4 aromatic rings. The smallest absolute Gasteiger partial charge is 0.319 e. The first-order valence-corrected chi connectivity index (χ1v) is 16.2. The average molecular weight is 670 g/mol. The number of nitrogens with zero attached hydrogens (tertiary/aromatic N) is 5. The minimum Gasteiger partial charge on any atom is -0.461 e. The number of alkyl halides is 1. The summed E-state index contributed by atoms with van der Waals surface area (Å²) in [5, 5.41) is 11.5. The fourth-order valence-electron chi connectivity index (χ4n) is 7.85. The lowest BCUT2D eigenvalue weighted by Gasteiger charge is -2.42. The number of piperazine rings is 1. The van der Waals surface area contributed by atoms with E-state index in [2.05, 4.69) is 32.0 Å². The van der Waals surface area contributed by atoms with E-state index in [0.717, 1.165) is 42.1 Å². The molecule has 2 N–H and O–H groups in total. The molecule has 0 saturated carbocycles. The molecule has 1 unspecified atom stereocenters. The predicted octanol–water partition coefficient (Wildman–Crippen LogP) is 7.04. The van der Waals surface area contributed by atoms with Crippen molar-refractivity contribution < 1.29 is 22.3 Å². The first kappa shape index (κ1) is 31.8. The lowest BCUT2D eigenvalue weighted by atomic mass is 9.91. The lowest BCUT2D eigenvalue weighted by molar-refractivity contribution is 0.107. The number of nitrogens with one attached hydrogen (secondary N) is 2. The van der Waals surface area contributed by atoms with Crippen molar-refractivity contribution in [3.8, 4) is 17.1 Å². The van der Waals surface area contributed by atoms with Crippen LogP contribution in [-0.2, 0) is 0 Å². The van der Waals surface area contributed by atoms with Crippen molar-refractivity contribution in [2.75, 3.05) is 44.2 Å². The van der Waals surface area contributed by atoms with Crippen molar-refractivity contribution in [3.63, 3.8) is 0 Å². The predicted molar refractivity (Wildman–Crippen MR) is 176 cm³/mol. The molecule has 2 aromatic heterocycles. The van der Waals surface area contributed by atoms with Crippen LogP contribution in [0.5, 0.6) is 6.01 Å². The third-order valence-electron chi connectivity index (χ3n) is 10.1. The number of fused-ring (bicyclic) bond motifs is 3. The molecule has 13 heteroatoms. The van der Waals surface area contributed by atoms with Crippen LogP contribution in [0, 0.1) is 19.7 Å². The zero-order valence-corrected chi connectivity index (χ0v) is 27.0. The number of aromatic amines is 1. The van der Waals surface area contributed by atoms with Gasteiger partial charge in [-0.15, -0.1) is 6.58 Å². The molecule has 8 nitrogen and oxygen atoms in total. The number of benzene rings is 2. The molecule has 0 amide bonds. The van der Waals surface area contributed by atoms with E-state index < -0.39 is 29.1 Å². The molecule has 3 aliphatic rings. The molecule has 0 radical (unpaired) electrons. The molecular weight excluding hydrogens is 634 g/mol. The maximum absolute atomic E-state index is 17.1. The molecule has 7 rings (SSSR count). The Labute approximate surface area is 274 Å². The maximum atomic E-state index is 17.1. The third kappa shape index (κ3) is 5.53. The molecule has 0 aliphatic carbocycles. The van der Waals surface area contributed by atoms with E-state index in [1.165, 1.54) is 0 Å². The van der Waals surface area contributed by atoms with E-state index in [4.69, 9.17) is 21.3 Å². The molecule has 3 aliphatic heterocycles. The first-order chi connectivity index (χ1) is 22.5. The number of H-pyrrole nitrogens is 1. The van der Waals surface area contributed by atoms with Gasteiger partial charge in [-0.05, 0) is 62.9 Å². The summed E-state index contributed by atoms with van der Waals surface area (Å²) in [5.41, 5.74) is 1.64. The highest BCUT2D eigenvalue weighted by molar-refractivity contribution is 6.35. The second-order valence-electron chi connectivity index (χ2n) is 13.1. The molecule has 5 heterocycles. The Hall–Kier alpha value is -3.74. The van der Waals surface area contributed by atoms with Crippen LogP contribution in [0.2, 0.25) is 5.02 Å². The van der Waals surface area contributed by atoms with Gasteiger partial charge in [0.25, 0.3) is 6.08 Å². The van der Waals surface area contributed by atoms with Crippen LogP contribution in [0.15, 0.2) is 43.1 Å². The van der Waals surface area contributed by atoms with Gasteiger partial charge in [0, 0.05) is 60.6 Å². The summed E-state index contributed by atoms with van der Waals surface area (Å²) in [5.74, 6) is -0.352. The Bertz CT molecular complexity index is 1910. The van der Waals surface area contributed by atoms with Crippen molar-refractivity contribution in [2.45, 2.75) is 56.8 Å². The van der Waals surface area contributed by atoms with Crippen molar-refractivity contribution in [3.05, 3.63) is 65.1 Å². The van der Waals surface area contributed by atoms with Gasteiger partial charge in [-0.25, -0.2) is 8.78 Å². The first-order valence-electron chi connectivity index (χ1n) is 15.8. The zero-order valence-electron chi connectivity index (χ0n) is 26.3. The highest BCUT2D eigenvalue weighted by atomic mass is 35.5. The minimum atomic E-state index is -1.82. The van der Waals surface area contributed by atoms with Gasteiger partial charge >= 0.3 is 6.01 Å². The quantitative estimate of drug-likeness (QED) is 0.154. The Balaban J connectivity index is 1.39. The summed E-state index contributed by atoms with van der Waals surface area (Å²) >= 11 is 6.93. The summed E-state index contributed by atoms with van der Waals surface area (Å²) in [7, 11) is 0. The van der Waals surface area contributed by atoms with Gasteiger partial charge in [0.2, 0.25) is 0 Å². The van der Waals surface area contributed by atoms with Gasteiger partial charge in [-0.3, -0.25) is 10.00 Å². The molecule has 248 valence electrons. The summed E-state index contributed by atoms with van der Waals surface area (Å²) in [6, 6.07) is 3.51. The van der Waals surface area contributed by atoms with Crippen molar-refractivity contribution in [1.29, 1.82) is 0 Å². The van der Waals surface area contributed by atoms with Gasteiger partial charge in [-0.2, -0.15) is 23.8 Å². The molecule has 3 fully saturated rings. The number of anilines is 1. The fourth-order valence-corrected chi connectivity index (χ4v) is 8.14. The topological polar surface area (TPSA) is 82.2 Å². The summed E-state index contributed by atoms with van der Waals surface area (Å²) in [4.78, 5) is 13.3. The van der Waals surface area contributed by atoms with E-state index in [1.54, 1.807) is 18.3 Å². The molecular formula is C34H36ClF4N7O. The number of hydrogen-bond acceptors (Lipinski definition) is 7. The number of ether oxygens (including phenoxy) is 1. The van der Waals surface area contributed by atoms with Crippen LogP contribution in [0.25, 0.3) is 32.9 Å². The molecule has 3 saturated heterocycles. The van der Waals surface area contributed by atoms with E-state index in [9.17, 15) is 13.2 Å². The Morgan fingerprint density at radius 3 is 2.81 bits per heavy atom. The number of halogens is 5. The summed E-state index contributed by atoms with van der Waals surface area (Å²) < 4.78 is 65.2. The van der Waals surface area contributed by atoms with Crippen molar-refractivity contribution in [2.24, 2.45) is 0 Å². The molecule has 0 bridgehead atoms. The van der Waals surface area contributed by atoms with Crippen LogP contribution in [0.3, 0.4) is 0 Å². The Morgan fingerprint density at radius 1 is 1.19 bits per heavy atom. The highest BCUT2D eigenvalue weighted by Crippen LogP contribution is 2.44. The normalized spacial score (nSPS) is 24.7. The molecule has 47 heavy (non-hydrogen) atoms. The average Bonchev–Trinajstić information content (AvgIpc) is 3.71. The highest BCUT2D eigenvalue weighted by Gasteiger charge is 2.49. The monoisotopic (exact) mass is 669 g/mol. The van der Waals surface area contributed by atoms with Gasteiger partial charge < -0.3 is 15.0 Å². The standard InChI is InChI=1S/C34H36ClF4N7O/c1-4-6-33(14-26(37)38)17-45(10-8-40-33)31-22-12-24(35)28(27-20(3)19(2)11-25-23(27)15-41-44-25)29(39)30(22)42-32(43-31)47-18-34-7-5-9-46(34)16-21(36)13-34/h4,11-12,14-15,21,40H,1,5-10,13,16-18H2,2-3H3,(H,41,44)/t21-,33+,34?/m1/s1. The largest absolute Gasteiger partial charge is 0.461 e. The van der Waals surface area contributed by atoms with Gasteiger partial charge in [-0.1, -0.05) is 17.7 Å². The van der Waals surface area contributed by atoms with Crippen molar-refractivity contribution >= 4 is 39.2 Å². The van der Waals surface area contributed by atoms with Crippen molar-refractivity contribution in [1.82, 2.24) is 30.4 Å².